The van der Waals surface area contributed by atoms with Crippen LogP contribution in [0.15, 0.2) is 30.3 Å². The zero-order chi connectivity index (χ0) is 56.6. The van der Waals surface area contributed by atoms with Gasteiger partial charge in [0, 0.05) is 53.7 Å². The Labute approximate surface area is 459 Å². The van der Waals surface area contributed by atoms with E-state index in [2.05, 4.69) is 10.6 Å². The molecule has 1 heterocycles. The van der Waals surface area contributed by atoms with Gasteiger partial charge in [0.15, 0.2) is 0 Å². The molecule has 2 rings (SSSR count). The molecule has 4 N–H and O–H groups in total. The maximum atomic E-state index is 14.7. The van der Waals surface area contributed by atoms with Crippen molar-refractivity contribution in [2.75, 3.05) is 128 Å². The second-order valence-electron chi connectivity index (χ2n) is 20.0. The Morgan fingerprint density at radius 1 is 0.737 bits per heavy atom. The van der Waals surface area contributed by atoms with Gasteiger partial charge in [0.1, 0.15) is 18.1 Å². The van der Waals surface area contributed by atoms with Crippen LogP contribution in [-0.4, -0.2) is 220 Å². The number of hydrogen-bond donors (Lipinski definition) is 3. The third kappa shape index (κ3) is 23.6. The molecule has 9 atom stereocenters. The molecule has 0 saturated carbocycles. The number of methoxy groups -OCH3 is 3. The van der Waals surface area contributed by atoms with Crippen molar-refractivity contribution >= 4 is 46.8 Å². The smallest absolute Gasteiger partial charge is 0.328 e. The molecule has 436 valence electrons. The largest absolute Gasteiger partial charge is 0.467 e. The second-order valence-corrected chi connectivity index (χ2v) is 20.4. The van der Waals surface area contributed by atoms with Crippen LogP contribution in [0.25, 0.3) is 0 Å². The molecule has 1 saturated heterocycles. The monoisotopic (exact) mass is 1100 g/mol. The van der Waals surface area contributed by atoms with Gasteiger partial charge in [-0.1, -0.05) is 97.4 Å². The van der Waals surface area contributed by atoms with Gasteiger partial charge in [-0.05, 0) is 36.2 Å². The van der Waals surface area contributed by atoms with Gasteiger partial charge in [0.2, 0.25) is 23.6 Å². The van der Waals surface area contributed by atoms with Crippen LogP contribution < -0.4 is 16.4 Å². The van der Waals surface area contributed by atoms with Gasteiger partial charge in [-0.2, -0.15) is 0 Å². The Hall–Kier alpha value is -3.90. The lowest BCUT2D eigenvalue weighted by atomic mass is 9.89. The van der Waals surface area contributed by atoms with Gasteiger partial charge in [-0.15, -0.1) is 0 Å². The van der Waals surface area contributed by atoms with E-state index in [9.17, 15) is 24.0 Å². The lowest BCUT2D eigenvalue weighted by Gasteiger charge is -2.41. The average Bonchev–Trinajstić information content (AvgIpc) is 3.89. The van der Waals surface area contributed by atoms with E-state index in [-0.39, 0.29) is 73.5 Å². The van der Waals surface area contributed by atoms with E-state index >= 15 is 0 Å². The molecule has 76 heavy (non-hydrogen) atoms. The number of carbonyl (C=O) groups excluding carboxylic acids is 5. The van der Waals surface area contributed by atoms with Crippen LogP contribution in [0, 0.1) is 23.7 Å². The topological polar surface area (TPSA) is 228 Å². The first-order valence-corrected chi connectivity index (χ1v) is 27.6. The first kappa shape index (κ1) is 68.2. The Morgan fingerprint density at radius 3 is 1.75 bits per heavy atom. The minimum absolute atomic E-state index is 0.0102. The molecular formula is C55H96N6O14S. The lowest BCUT2D eigenvalue weighted by molar-refractivity contribution is -0.148. The molecule has 20 nitrogen and oxygen atoms in total. The fraction of sp³-hybridized carbons (Fsp3) is 0.782. The number of esters is 1. The van der Waals surface area contributed by atoms with Crippen molar-refractivity contribution in [1.29, 1.82) is 0 Å². The molecule has 0 unspecified atom stereocenters. The first-order valence-electron chi connectivity index (χ1n) is 27.2. The number of ether oxygens (including phenoxy) is 9. The van der Waals surface area contributed by atoms with E-state index in [1.54, 1.807) is 33.2 Å². The van der Waals surface area contributed by atoms with Crippen LogP contribution in [0.2, 0.25) is 0 Å². The summed E-state index contributed by atoms with van der Waals surface area (Å²) in [6.45, 7) is 19.3. The van der Waals surface area contributed by atoms with Crippen molar-refractivity contribution in [2.45, 2.75) is 129 Å². The predicted octanol–water partition coefficient (Wildman–Crippen LogP) is 3.68. The van der Waals surface area contributed by atoms with Crippen LogP contribution in [0.4, 0.5) is 0 Å². The normalized spacial score (nSPS) is 16.8. The summed E-state index contributed by atoms with van der Waals surface area (Å²) in [6.07, 6.45) is 1.36. The summed E-state index contributed by atoms with van der Waals surface area (Å²) in [6, 6.07) is 6.23. The highest BCUT2D eigenvalue weighted by Crippen LogP contribution is 2.30. The quantitative estimate of drug-likeness (QED) is 0.0483. The molecule has 0 aliphatic carbocycles. The summed E-state index contributed by atoms with van der Waals surface area (Å²) in [5.41, 5.74) is 6.32. The van der Waals surface area contributed by atoms with Crippen LogP contribution in [-0.2, 0) is 73.0 Å². The molecule has 1 aromatic rings. The summed E-state index contributed by atoms with van der Waals surface area (Å²) in [7, 11) is 7.78. The first-order chi connectivity index (χ1) is 36.4. The highest BCUT2D eigenvalue weighted by atomic mass is 32.1. The highest BCUT2D eigenvalue weighted by Gasteiger charge is 2.43. The Balaban J connectivity index is 2.00. The Kier molecular flexibility index (Phi) is 34.7. The number of amides is 4. The molecule has 0 bridgehead atoms. The molecule has 4 amide bonds. The zero-order valence-electron chi connectivity index (χ0n) is 47.9. The van der Waals surface area contributed by atoms with E-state index in [1.165, 1.54) is 12.0 Å². The fourth-order valence-electron chi connectivity index (χ4n) is 9.47. The van der Waals surface area contributed by atoms with Gasteiger partial charge < -0.3 is 73.7 Å². The summed E-state index contributed by atoms with van der Waals surface area (Å²) in [5.74, 6) is -2.71. The average molecular weight is 1100 g/mol. The standard InChI is InChI=1S/C55H96N6O14S/c1-13-40(6)50(45(67-10)37-47(63)61-23-17-20-44(61)51(68-11)41(7)53(76)57-43(55(66)69-12)36-42-18-15-14-16-19-42)60(9)54(65)48(38(2)3)58-52(64)49(39(4)5)59(8)46(62)21-24-70-26-28-72-30-32-74-34-35-75-33-31-73-29-27-71-25-22-56/h14-16,18-19,38-41,43-45,48-51H,13,17,20-37,56H2,1-12H3,(H,57,76)(H,58,64)/t40-,41+,43-,44-,45+,48-,49-,50-,51+/m0/s1. The number of nitrogens with zero attached hydrogens (tertiary/aromatic N) is 3. The van der Waals surface area contributed by atoms with Crippen LogP contribution in [0.3, 0.4) is 0 Å². The van der Waals surface area contributed by atoms with Crippen molar-refractivity contribution in [3.8, 4) is 0 Å². The molecule has 1 aliphatic rings. The molecule has 1 fully saturated rings. The minimum Gasteiger partial charge on any atom is -0.467 e. The predicted molar refractivity (Wildman–Crippen MR) is 295 cm³/mol. The van der Waals surface area contributed by atoms with E-state index in [0.29, 0.717) is 103 Å². The molecule has 1 aromatic carbocycles. The molecule has 0 aromatic heterocycles. The van der Waals surface area contributed by atoms with Gasteiger partial charge in [-0.25, -0.2) is 4.79 Å². The van der Waals surface area contributed by atoms with E-state index in [0.717, 1.165) is 12.0 Å². The number of hydrogen-bond acceptors (Lipinski definition) is 16. The zero-order valence-corrected chi connectivity index (χ0v) is 48.7. The van der Waals surface area contributed by atoms with Crippen LogP contribution in [0.5, 0.6) is 0 Å². The number of rotatable bonds is 41. The molecule has 1 aliphatic heterocycles. The Morgan fingerprint density at radius 2 is 1.28 bits per heavy atom. The number of nitrogens with two attached hydrogens (primary N) is 1. The summed E-state index contributed by atoms with van der Waals surface area (Å²) in [5, 5.41) is 6.23. The van der Waals surface area contributed by atoms with Crippen molar-refractivity contribution < 1.29 is 66.6 Å². The van der Waals surface area contributed by atoms with E-state index in [1.807, 2.05) is 83.7 Å². The summed E-state index contributed by atoms with van der Waals surface area (Å²) < 4.78 is 50.2. The number of benzene rings is 1. The Bertz CT molecular complexity index is 1820. The van der Waals surface area contributed by atoms with Crippen molar-refractivity contribution in [2.24, 2.45) is 29.4 Å². The molecule has 0 radical (unpaired) electrons. The maximum Gasteiger partial charge on any atom is 0.328 e. The highest BCUT2D eigenvalue weighted by molar-refractivity contribution is 7.80. The van der Waals surface area contributed by atoms with Gasteiger partial charge in [-0.3, -0.25) is 19.2 Å². The minimum atomic E-state index is -0.942. The van der Waals surface area contributed by atoms with Crippen LogP contribution in [0.1, 0.15) is 86.1 Å². The molecular weight excluding hydrogens is 1000 g/mol. The second kappa shape index (κ2) is 38.6. The SMILES string of the molecule is CC[C@H](C)[C@@H]([C@@H](CC(=O)N1CCC[C@H]1[C@H](OC)[C@@H](C)C(=S)N[C@@H](Cc1ccccc1)C(=O)OC)OC)N(C)C(=O)[C@@H](NC(=O)[C@H](C(C)C)N(C)C(=O)CCOCCOCCOCCOCCOCCOCCN)C(C)C. The third-order valence-corrected chi connectivity index (χ3v) is 14.4. The fourth-order valence-corrected chi connectivity index (χ4v) is 9.74. The molecule has 0 spiro atoms. The van der Waals surface area contributed by atoms with Crippen LogP contribution >= 0.6 is 12.2 Å². The maximum absolute atomic E-state index is 14.7. The number of carbonyl (C=O) groups is 5. The summed E-state index contributed by atoms with van der Waals surface area (Å²) >= 11 is 5.89. The van der Waals surface area contributed by atoms with Crippen molar-refractivity contribution in [3.05, 3.63) is 35.9 Å². The third-order valence-electron chi connectivity index (χ3n) is 13.9. The number of nitrogens with one attached hydrogen (secondary N) is 2. The number of likely N-dealkylation sites (tertiary alicyclic amines) is 1. The van der Waals surface area contributed by atoms with Crippen molar-refractivity contribution in [3.63, 3.8) is 0 Å². The number of thiocarbonyl (C=S) groups is 1. The van der Waals surface area contributed by atoms with E-state index in [4.69, 9.17) is 60.6 Å². The summed E-state index contributed by atoms with van der Waals surface area (Å²) in [4.78, 5) is 74.9. The van der Waals surface area contributed by atoms with Gasteiger partial charge in [0.05, 0.1) is 129 Å². The number of likely N-dealkylation sites (N-methyl/N-ethyl adjacent to an activating group) is 2. The molecule has 21 heteroatoms. The van der Waals surface area contributed by atoms with Gasteiger partial charge in [0.25, 0.3) is 0 Å². The van der Waals surface area contributed by atoms with Gasteiger partial charge >= 0.3 is 5.97 Å². The van der Waals surface area contributed by atoms with Crippen molar-refractivity contribution in [1.82, 2.24) is 25.3 Å². The lowest BCUT2D eigenvalue weighted by Crippen LogP contribution is -2.60. The van der Waals surface area contributed by atoms with E-state index < -0.39 is 48.3 Å².